The Morgan fingerprint density at radius 2 is 2.28 bits per heavy atom. The number of hydrogen-bond acceptors (Lipinski definition) is 4. The Bertz CT molecular complexity index is 766. The Morgan fingerprint density at radius 3 is 3.04 bits per heavy atom. The number of nitrogens with zero attached hydrogens (tertiary/aromatic N) is 4. The van der Waals surface area contributed by atoms with Crippen molar-refractivity contribution >= 4 is 5.91 Å². The number of carbonyl (C=O) groups is 1. The van der Waals surface area contributed by atoms with Gasteiger partial charge in [0.2, 0.25) is 5.91 Å². The molecule has 0 radical (unpaired) electrons. The molecule has 1 N–H and O–H groups in total. The summed E-state index contributed by atoms with van der Waals surface area (Å²) in [5.74, 6) is 0.891. The molecule has 134 valence electrons. The second kappa shape index (κ2) is 8.09. The molecule has 0 aromatic carbocycles. The summed E-state index contributed by atoms with van der Waals surface area (Å²) >= 11 is 0. The summed E-state index contributed by atoms with van der Waals surface area (Å²) in [7, 11) is 0. The van der Waals surface area contributed by atoms with Crippen LogP contribution in [0.4, 0.5) is 0 Å². The molecule has 1 aliphatic rings. The van der Waals surface area contributed by atoms with Crippen molar-refractivity contribution in [1.82, 2.24) is 24.6 Å². The molecule has 0 bridgehead atoms. The van der Waals surface area contributed by atoms with Crippen LogP contribution in [0, 0.1) is 0 Å². The van der Waals surface area contributed by atoms with E-state index in [-0.39, 0.29) is 17.6 Å². The number of hydrogen-bond donors (Lipinski definition) is 1. The van der Waals surface area contributed by atoms with Crippen LogP contribution >= 0.6 is 0 Å². The molecule has 0 saturated carbocycles. The highest BCUT2D eigenvalue weighted by Crippen LogP contribution is 2.12. The normalized spacial score (nSPS) is 16.9. The van der Waals surface area contributed by atoms with Crippen molar-refractivity contribution in [3.63, 3.8) is 0 Å². The topological polar surface area (TPSA) is 81.8 Å². The molecule has 0 aliphatic carbocycles. The van der Waals surface area contributed by atoms with Gasteiger partial charge in [0.05, 0.1) is 0 Å². The molecular weight excluding hydrogens is 318 g/mol. The molecule has 1 atom stereocenters. The van der Waals surface area contributed by atoms with Gasteiger partial charge < -0.3 is 5.32 Å². The van der Waals surface area contributed by atoms with Crippen molar-refractivity contribution in [3.8, 4) is 0 Å². The number of aromatic nitrogens is 4. The number of carbonyl (C=O) groups excluding carboxylic acids is 1. The van der Waals surface area contributed by atoms with Gasteiger partial charge in [0.1, 0.15) is 5.82 Å². The maximum absolute atomic E-state index is 12.3. The molecule has 0 saturated heterocycles. The number of amides is 1. The third kappa shape index (κ3) is 4.35. The lowest BCUT2D eigenvalue weighted by Crippen LogP contribution is -2.36. The van der Waals surface area contributed by atoms with E-state index in [4.69, 9.17) is 0 Å². The Labute approximate surface area is 147 Å². The molecule has 3 heterocycles. The van der Waals surface area contributed by atoms with Crippen LogP contribution in [0.25, 0.3) is 0 Å². The second-order valence-electron chi connectivity index (χ2n) is 6.53. The lowest BCUT2D eigenvalue weighted by molar-refractivity contribution is -0.121. The Kier molecular flexibility index (Phi) is 5.63. The first-order valence-electron chi connectivity index (χ1n) is 9.02. The monoisotopic (exact) mass is 343 g/mol. The molecule has 2 aromatic rings. The van der Waals surface area contributed by atoms with E-state index < -0.39 is 0 Å². The van der Waals surface area contributed by atoms with Gasteiger partial charge in [-0.25, -0.2) is 9.48 Å². The molecule has 1 amide bonds. The van der Waals surface area contributed by atoms with Crippen molar-refractivity contribution < 1.29 is 4.79 Å². The van der Waals surface area contributed by atoms with Gasteiger partial charge in [-0.3, -0.25) is 14.3 Å². The molecular formula is C18H25N5O2. The van der Waals surface area contributed by atoms with Crippen molar-refractivity contribution in [3.05, 3.63) is 46.4 Å². The SMILES string of the molecule is CCCn1nc2n(c1=O)CCC(NC(=O)CCc1cccnc1)CC2. The van der Waals surface area contributed by atoms with Crippen molar-refractivity contribution in [1.29, 1.82) is 0 Å². The molecule has 0 fully saturated rings. The maximum Gasteiger partial charge on any atom is 0.345 e. The molecule has 1 aliphatic heterocycles. The molecule has 0 spiro atoms. The minimum atomic E-state index is -0.0274. The largest absolute Gasteiger partial charge is 0.353 e. The molecule has 1 unspecified atom stereocenters. The first-order valence-corrected chi connectivity index (χ1v) is 9.02. The third-order valence-corrected chi connectivity index (χ3v) is 4.58. The molecule has 3 rings (SSSR count). The summed E-state index contributed by atoms with van der Waals surface area (Å²) in [6.07, 6.45) is 7.87. The highest BCUT2D eigenvalue weighted by atomic mass is 16.2. The van der Waals surface area contributed by atoms with E-state index in [2.05, 4.69) is 15.4 Å². The maximum atomic E-state index is 12.3. The highest BCUT2D eigenvalue weighted by molar-refractivity contribution is 5.76. The minimum Gasteiger partial charge on any atom is -0.353 e. The van der Waals surface area contributed by atoms with Crippen LogP contribution in [-0.4, -0.2) is 31.3 Å². The fourth-order valence-electron chi connectivity index (χ4n) is 3.23. The van der Waals surface area contributed by atoms with E-state index in [1.54, 1.807) is 21.6 Å². The standard InChI is InChI=1S/C18H25N5O2/c1-2-11-23-18(25)22-12-9-15(6-7-16(22)21-23)20-17(24)8-5-14-4-3-10-19-13-14/h3-4,10,13,15H,2,5-9,11-12H2,1H3,(H,20,24). The summed E-state index contributed by atoms with van der Waals surface area (Å²) in [6, 6.07) is 3.96. The zero-order valence-corrected chi connectivity index (χ0v) is 14.6. The lowest BCUT2D eigenvalue weighted by atomic mass is 10.1. The smallest absolute Gasteiger partial charge is 0.345 e. The molecule has 25 heavy (non-hydrogen) atoms. The first kappa shape index (κ1) is 17.4. The van der Waals surface area contributed by atoms with E-state index in [0.717, 1.165) is 37.1 Å². The average Bonchev–Trinajstić information content (AvgIpc) is 2.79. The van der Waals surface area contributed by atoms with Gasteiger partial charge in [-0.05, 0) is 37.3 Å². The van der Waals surface area contributed by atoms with E-state index in [9.17, 15) is 9.59 Å². The van der Waals surface area contributed by atoms with Crippen LogP contribution in [0.2, 0.25) is 0 Å². The van der Waals surface area contributed by atoms with E-state index in [0.29, 0.717) is 25.9 Å². The highest BCUT2D eigenvalue weighted by Gasteiger charge is 2.21. The molecule has 7 heteroatoms. The van der Waals surface area contributed by atoms with Crippen LogP contribution in [0.1, 0.15) is 44.0 Å². The zero-order chi connectivity index (χ0) is 17.6. The Hall–Kier alpha value is -2.44. The summed E-state index contributed by atoms with van der Waals surface area (Å²) < 4.78 is 3.32. The fourth-order valence-corrected chi connectivity index (χ4v) is 3.23. The van der Waals surface area contributed by atoms with Gasteiger partial charge >= 0.3 is 5.69 Å². The van der Waals surface area contributed by atoms with Gasteiger partial charge in [-0.15, -0.1) is 0 Å². The summed E-state index contributed by atoms with van der Waals surface area (Å²) in [5.41, 5.74) is 1.04. The number of pyridine rings is 1. The Morgan fingerprint density at radius 1 is 1.40 bits per heavy atom. The molecule has 7 nitrogen and oxygen atoms in total. The number of fused-ring (bicyclic) bond motifs is 1. The van der Waals surface area contributed by atoms with Crippen LogP contribution in [0.5, 0.6) is 0 Å². The Balaban J connectivity index is 1.52. The van der Waals surface area contributed by atoms with Crippen LogP contribution < -0.4 is 11.0 Å². The summed E-state index contributed by atoms with van der Waals surface area (Å²) in [4.78, 5) is 28.6. The zero-order valence-electron chi connectivity index (χ0n) is 14.6. The van der Waals surface area contributed by atoms with Crippen LogP contribution in [-0.2, 0) is 30.7 Å². The van der Waals surface area contributed by atoms with Crippen LogP contribution in [0.3, 0.4) is 0 Å². The quantitative estimate of drug-likeness (QED) is 0.857. The minimum absolute atomic E-state index is 0.0274. The lowest BCUT2D eigenvalue weighted by Gasteiger charge is -2.16. The molecule has 2 aromatic heterocycles. The van der Waals surface area contributed by atoms with Crippen molar-refractivity contribution in [2.24, 2.45) is 0 Å². The van der Waals surface area contributed by atoms with E-state index >= 15 is 0 Å². The van der Waals surface area contributed by atoms with Gasteiger partial charge in [-0.2, -0.15) is 5.10 Å². The van der Waals surface area contributed by atoms with E-state index in [1.807, 2.05) is 19.1 Å². The predicted octanol–water partition coefficient (Wildman–Crippen LogP) is 1.30. The van der Waals surface area contributed by atoms with E-state index in [1.165, 1.54) is 0 Å². The second-order valence-corrected chi connectivity index (χ2v) is 6.53. The van der Waals surface area contributed by atoms with Crippen molar-refractivity contribution in [2.75, 3.05) is 0 Å². The summed E-state index contributed by atoms with van der Waals surface area (Å²) in [5, 5.41) is 7.54. The number of aryl methyl sites for hydroxylation is 3. The predicted molar refractivity (Wildman–Crippen MR) is 94.2 cm³/mol. The number of rotatable bonds is 6. The third-order valence-electron chi connectivity index (χ3n) is 4.58. The van der Waals surface area contributed by atoms with Gasteiger partial charge in [-0.1, -0.05) is 13.0 Å². The first-order chi connectivity index (χ1) is 12.2. The number of nitrogens with one attached hydrogen (secondary N) is 1. The van der Waals surface area contributed by atoms with Crippen molar-refractivity contribution in [2.45, 2.75) is 64.6 Å². The van der Waals surface area contributed by atoms with Gasteiger partial charge in [0.25, 0.3) is 0 Å². The van der Waals surface area contributed by atoms with Gasteiger partial charge in [0, 0.05) is 44.4 Å². The fraction of sp³-hybridized carbons (Fsp3) is 0.556. The summed E-state index contributed by atoms with van der Waals surface area (Å²) in [6.45, 7) is 3.31. The van der Waals surface area contributed by atoms with Crippen LogP contribution in [0.15, 0.2) is 29.3 Å². The van der Waals surface area contributed by atoms with Gasteiger partial charge in [0.15, 0.2) is 0 Å². The average molecular weight is 343 g/mol.